The molecule has 32 heavy (non-hydrogen) atoms. The van der Waals surface area contributed by atoms with Crippen LogP contribution in [0.2, 0.25) is 0 Å². The monoisotopic (exact) mass is 436 g/mol. The van der Waals surface area contributed by atoms with Crippen molar-refractivity contribution < 1.29 is 14.3 Å². The largest absolute Gasteiger partial charge is 0.484 e. The quantitative estimate of drug-likeness (QED) is 0.665. The van der Waals surface area contributed by atoms with Gasteiger partial charge in [0.15, 0.2) is 6.61 Å². The van der Waals surface area contributed by atoms with Gasteiger partial charge in [-0.15, -0.1) is 0 Å². The first-order valence-corrected chi connectivity index (χ1v) is 11.4. The molecule has 2 heterocycles. The number of anilines is 1. The summed E-state index contributed by atoms with van der Waals surface area (Å²) >= 11 is 0. The van der Waals surface area contributed by atoms with Crippen LogP contribution in [-0.4, -0.2) is 60.9 Å². The van der Waals surface area contributed by atoms with Crippen molar-refractivity contribution in [1.82, 2.24) is 15.1 Å². The Labute approximate surface area is 189 Å². The third kappa shape index (κ3) is 6.08. The van der Waals surface area contributed by atoms with Gasteiger partial charge in [-0.3, -0.25) is 14.5 Å². The molecule has 170 valence electrons. The zero-order valence-electron chi connectivity index (χ0n) is 18.7. The van der Waals surface area contributed by atoms with E-state index in [1.807, 2.05) is 12.1 Å². The molecule has 7 nitrogen and oxygen atoms in total. The van der Waals surface area contributed by atoms with Crippen LogP contribution in [0.3, 0.4) is 0 Å². The second-order valence-corrected chi connectivity index (χ2v) is 8.46. The Balaban J connectivity index is 1.18. The van der Waals surface area contributed by atoms with Crippen LogP contribution in [0.1, 0.15) is 30.0 Å². The van der Waals surface area contributed by atoms with Crippen LogP contribution in [0.15, 0.2) is 42.5 Å². The zero-order valence-corrected chi connectivity index (χ0v) is 18.7. The first-order valence-electron chi connectivity index (χ1n) is 11.4. The van der Waals surface area contributed by atoms with E-state index in [2.05, 4.69) is 51.6 Å². The van der Waals surface area contributed by atoms with E-state index in [1.165, 1.54) is 5.56 Å². The van der Waals surface area contributed by atoms with E-state index in [9.17, 15) is 9.59 Å². The Bertz CT molecular complexity index is 937. The van der Waals surface area contributed by atoms with Crippen LogP contribution in [0.4, 0.5) is 5.69 Å². The maximum Gasteiger partial charge on any atom is 0.258 e. The number of nitrogens with one attached hydrogen (secondary N) is 2. The lowest BCUT2D eigenvalue weighted by Gasteiger charge is -2.34. The van der Waals surface area contributed by atoms with Crippen molar-refractivity contribution in [3.8, 4) is 5.75 Å². The van der Waals surface area contributed by atoms with Gasteiger partial charge in [-0.05, 0) is 47.9 Å². The number of benzene rings is 2. The van der Waals surface area contributed by atoms with Gasteiger partial charge in [-0.2, -0.15) is 0 Å². The summed E-state index contributed by atoms with van der Waals surface area (Å²) in [7, 11) is 0. The van der Waals surface area contributed by atoms with E-state index < -0.39 is 0 Å². The van der Waals surface area contributed by atoms with Crippen molar-refractivity contribution in [3.63, 3.8) is 0 Å². The SMILES string of the molecule is CCN1CCN(Cc2ccc(CNC(=O)COc3ccc4c(c3)CCC(=O)N4)cc2)CC1. The molecule has 0 unspecified atom stereocenters. The summed E-state index contributed by atoms with van der Waals surface area (Å²) in [5.41, 5.74) is 4.24. The molecule has 1 saturated heterocycles. The Hall–Kier alpha value is -2.90. The van der Waals surface area contributed by atoms with Crippen molar-refractivity contribution in [3.05, 3.63) is 59.2 Å². The van der Waals surface area contributed by atoms with Crippen molar-refractivity contribution in [2.45, 2.75) is 32.9 Å². The average Bonchev–Trinajstić information content (AvgIpc) is 2.82. The van der Waals surface area contributed by atoms with E-state index >= 15 is 0 Å². The number of hydrogen-bond donors (Lipinski definition) is 2. The number of rotatable bonds is 8. The van der Waals surface area contributed by atoms with Crippen LogP contribution in [-0.2, 0) is 29.1 Å². The number of hydrogen-bond acceptors (Lipinski definition) is 5. The van der Waals surface area contributed by atoms with E-state index in [0.717, 1.165) is 56.1 Å². The molecule has 4 rings (SSSR count). The molecule has 2 aromatic rings. The van der Waals surface area contributed by atoms with Gasteiger partial charge in [0.1, 0.15) is 5.75 Å². The Morgan fingerprint density at radius 1 is 1.00 bits per heavy atom. The summed E-state index contributed by atoms with van der Waals surface area (Å²) in [5, 5.41) is 5.76. The van der Waals surface area contributed by atoms with E-state index in [4.69, 9.17) is 4.74 Å². The second kappa shape index (κ2) is 10.6. The molecule has 1 fully saturated rings. The number of amides is 2. The maximum atomic E-state index is 12.2. The summed E-state index contributed by atoms with van der Waals surface area (Å²) in [6.45, 7) is 9.29. The third-order valence-corrected chi connectivity index (χ3v) is 6.17. The van der Waals surface area contributed by atoms with Gasteiger partial charge in [0.25, 0.3) is 5.91 Å². The molecule has 2 aliphatic rings. The topological polar surface area (TPSA) is 73.9 Å². The number of carbonyl (C=O) groups excluding carboxylic acids is 2. The van der Waals surface area contributed by atoms with Crippen molar-refractivity contribution in [2.24, 2.45) is 0 Å². The maximum absolute atomic E-state index is 12.2. The number of aryl methyl sites for hydroxylation is 1. The molecule has 2 N–H and O–H groups in total. The van der Waals surface area contributed by atoms with E-state index in [1.54, 1.807) is 6.07 Å². The molecule has 0 aromatic heterocycles. The summed E-state index contributed by atoms with van der Waals surface area (Å²) in [6.07, 6.45) is 1.17. The highest BCUT2D eigenvalue weighted by atomic mass is 16.5. The van der Waals surface area contributed by atoms with Gasteiger partial charge in [0, 0.05) is 51.4 Å². The average molecular weight is 437 g/mol. The van der Waals surface area contributed by atoms with Gasteiger partial charge in [-0.1, -0.05) is 31.2 Å². The summed E-state index contributed by atoms with van der Waals surface area (Å²) in [4.78, 5) is 28.6. The van der Waals surface area contributed by atoms with Gasteiger partial charge in [-0.25, -0.2) is 0 Å². The highest BCUT2D eigenvalue weighted by Crippen LogP contribution is 2.26. The molecular formula is C25H32N4O3. The number of carbonyl (C=O) groups is 2. The molecular weight excluding hydrogens is 404 g/mol. The number of piperazine rings is 1. The number of nitrogens with zero attached hydrogens (tertiary/aromatic N) is 2. The van der Waals surface area contributed by atoms with Crippen LogP contribution >= 0.6 is 0 Å². The van der Waals surface area contributed by atoms with E-state index in [0.29, 0.717) is 25.1 Å². The molecule has 2 aliphatic heterocycles. The van der Waals surface area contributed by atoms with Crippen molar-refractivity contribution >= 4 is 17.5 Å². The molecule has 0 saturated carbocycles. The predicted molar refractivity (Wildman–Crippen MR) is 125 cm³/mol. The standard InChI is InChI=1S/C25H32N4O3/c1-2-28-11-13-29(14-12-28)17-20-5-3-19(4-6-20)16-26-25(31)18-32-22-8-9-23-21(15-22)7-10-24(30)27-23/h3-6,8-9,15H,2,7,10-14,16-18H2,1H3,(H,26,31)(H,27,30). The Kier molecular flexibility index (Phi) is 7.39. The smallest absolute Gasteiger partial charge is 0.258 e. The molecule has 0 spiro atoms. The number of ether oxygens (including phenoxy) is 1. The van der Waals surface area contributed by atoms with Gasteiger partial charge in [0.2, 0.25) is 5.91 Å². The highest BCUT2D eigenvalue weighted by molar-refractivity contribution is 5.94. The minimum atomic E-state index is -0.158. The fraction of sp³-hybridized carbons (Fsp3) is 0.440. The van der Waals surface area contributed by atoms with Crippen LogP contribution in [0, 0.1) is 0 Å². The fourth-order valence-electron chi connectivity index (χ4n) is 4.13. The van der Waals surface area contributed by atoms with Crippen LogP contribution in [0.5, 0.6) is 5.75 Å². The van der Waals surface area contributed by atoms with Gasteiger partial charge in [0.05, 0.1) is 0 Å². The lowest BCUT2D eigenvalue weighted by Crippen LogP contribution is -2.45. The lowest BCUT2D eigenvalue weighted by atomic mass is 10.0. The highest BCUT2D eigenvalue weighted by Gasteiger charge is 2.16. The summed E-state index contributed by atoms with van der Waals surface area (Å²) in [5.74, 6) is 0.515. The predicted octanol–water partition coefficient (Wildman–Crippen LogP) is 2.40. The lowest BCUT2D eigenvalue weighted by molar-refractivity contribution is -0.123. The first kappa shape index (κ1) is 22.3. The molecule has 0 atom stereocenters. The second-order valence-electron chi connectivity index (χ2n) is 8.46. The minimum Gasteiger partial charge on any atom is -0.484 e. The normalized spacial score (nSPS) is 16.8. The Morgan fingerprint density at radius 3 is 2.47 bits per heavy atom. The number of likely N-dealkylation sites (N-methyl/N-ethyl adjacent to an activating group) is 1. The van der Waals surface area contributed by atoms with Crippen molar-refractivity contribution in [1.29, 1.82) is 0 Å². The van der Waals surface area contributed by atoms with E-state index in [-0.39, 0.29) is 18.4 Å². The molecule has 0 radical (unpaired) electrons. The molecule has 2 aromatic carbocycles. The van der Waals surface area contributed by atoms with Gasteiger partial charge < -0.3 is 20.3 Å². The first-order chi connectivity index (χ1) is 15.6. The third-order valence-electron chi connectivity index (χ3n) is 6.17. The number of fused-ring (bicyclic) bond motifs is 1. The fourth-order valence-corrected chi connectivity index (χ4v) is 4.13. The molecule has 2 amide bonds. The Morgan fingerprint density at radius 2 is 1.72 bits per heavy atom. The van der Waals surface area contributed by atoms with Gasteiger partial charge >= 0.3 is 0 Å². The molecule has 0 aliphatic carbocycles. The summed E-state index contributed by atoms with van der Waals surface area (Å²) in [6, 6.07) is 13.9. The molecule has 7 heteroatoms. The molecule has 0 bridgehead atoms. The van der Waals surface area contributed by atoms with Crippen LogP contribution < -0.4 is 15.4 Å². The minimum absolute atomic E-state index is 0.0348. The van der Waals surface area contributed by atoms with Crippen LogP contribution in [0.25, 0.3) is 0 Å². The summed E-state index contributed by atoms with van der Waals surface area (Å²) < 4.78 is 5.63. The van der Waals surface area contributed by atoms with Crippen molar-refractivity contribution in [2.75, 3.05) is 44.6 Å². The zero-order chi connectivity index (χ0) is 22.3.